The molecule has 0 aliphatic heterocycles. The van der Waals surface area contributed by atoms with Crippen LogP contribution >= 0.6 is 0 Å². The van der Waals surface area contributed by atoms with Crippen LogP contribution in [0.25, 0.3) is 33.4 Å². The molecular formula is C29H27FN6O3. The third kappa shape index (κ3) is 6.12. The first-order chi connectivity index (χ1) is 18.9. The number of carbonyl (C=O) groups is 1. The zero-order valence-corrected chi connectivity index (χ0v) is 21.7. The predicted molar refractivity (Wildman–Crippen MR) is 148 cm³/mol. The second kappa shape index (κ2) is 11.2. The molecule has 0 unspecified atom stereocenters. The number of carbonyl (C=O) groups excluding carboxylic acids is 1. The molecule has 0 aliphatic rings. The Morgan fingerprint density at radius 3 is 2.51 bits per heavy atom. The molecule has 0 spiro atoms. The Balaban J connectivity index is 1.49. The van der Waals surface area contributed by atoms with E-state index in [-0.39, 0.29) is 24.3 Å². The number of halogens is 1. The number of ether oxygens (including phenoxy) is 2. The van der Waals surface area contributed by atoms with E-state index in [0.717, 1.165) is 22.2 Å². The Kier molecular flexibility index (Phi) is 7.35. The number of hydrogen-bond acceptors (Lipinski definition) is 7. The molecule has 2 heterocycles. The summed E-state index contributed by atoms with van der Waals surface area (Å²) < 4.78 is 25.5. The highest BCUT2D eigenvalue weighted by atomic mass is 19.1. The average Bonchev–Trinajstić information content (AvgIpc) is 3.46. The number of nitrogens with zero attached hydrogens (tertiary/aromatic N) is 3. The Morgan fingerprint density at radius 2 is 1.79 bits per heavy atom. The molecule has 1 amide bonds. The van der Waals surface area contributed by atoms with Crippen molar-refractivity contribution < 1.29 is 18.7 Å². The maximum atomic E-state index is 14.6. The Bertz CT molecular complexity index is 1600. The average molecular weight is 527 g/mol. The molecule has 0 atom stereocenters. The standard InChI is InChI=1S/C29H27FN6O3/c1-17(2)33-27(37)16-39-24-11-19(10-21(30)12-24)28-35-26-9-8-23(38-3)13-25(26)29(36-28)34-22-6-4-18(5-7-22)20-14-31-32-15-20/h4-15,17H,16H2,1-3H3,(H,31,32)(H,33,37)(H,34,35,36). The molecule has 5 aromatic rings. The van der Waals surface area contributed by atoms with Crippen molar-refractivity contribution in [2.75, 3.05) is 19.0 Å². The van der Waals surface area contributed by atoms with Gasteiger partial charge in [0.2, 0.25) is 0 Å². The van der Waals surface area contributed by atoms with Crippen LogP contribution in [0.1, 0.15) is 13.8 Å². The lowest BCUT2D eigenvalue weighted by Gasteiger charge is -2.14. The summed E-state index contributed by atoms with van der Waals surface area (Å²) in [6.07, 6.45) is 3.58. The van der Waals surface area contributed by atoms with Gasteiger partial charge in [-0.25, -0.2) is 14.4 Å². The summed E-state index contributed by atoms with van der Waals surface area (Å²) in [5, 5.41) is 13.6. The second-order valence-electron chi connectivity index (χ2n) is 9.15. The maximum Gasteiger partial charge on any atom is 0.258 e. The topological polar surface area (TPSA) is 114 Å². The molecule has 3 N–H and O–H groups in total. The molecule has 0 radical (unpaired) electrons. The molecule has 3 aromatic carbocycles. The largest absolute Gasteiger partial charge is 0.497 e. The molecule has 0 saturated heterocycles. The minimum atomic E-state index is -0.533. The van der Waals surface area contributed by atoms with Crippen LogP contribution in [-0.4, -0.2) is 45.8 Å². The summed E-state index contributed by atoms with van der Waals surface area (Å²) in [6.45, 7) is 3.47. The summed E-state index contributed by atoms with van der Waals surface area (Å²) in [5.41, 5.74) is 3.84. The number of hydrogen-bond donors (Lipinski definition) is 3. The van der Waals surface area contributed by atoms with Gasteiger partial charge in [0.1, 0.15) is 23.1 Å². The normalized spacial score (nSPS) is 11.0. The van der Waals surface area contributed by atoms with Gasteiger partial charge in [-0.2, -0.15) is 5.10 Å². The fourth-order valence-corrected chi connectivity index (χ4v) is 4.04. The van der Waals surface area contributed by atoms with Gasteiger partial charge in [-0.15, -0.1) is 0 Å². The van der Waals surface area contributed by atoms with Gasteiger partial charge in [0.25, 0.3) is 5.91 Å². The van der Waals surface area contributed by atoms with Crippen LogP contribution < -0.4 is 20.1 Å². The van der Waals surface area contributed by atoms with Crippen molar-refractivity contribution in [2.24, 2.45) is 0 Å². The Labute approximate surface area is 224 Å². The first-order valence-electron chi connectivity index (χ1n) is 12.3. The van der Waals surface area contributed by atoms with E-state index in [1.807, 2.05) is 56.4 Å². The molecule has 0 bridgehead atoms. The number of nitrogens with one attached hydrogen (secondary N) is 3. The van der Waals surface area contributed by atoms with E-state index >= 15 is 0 Å². The highest BCUT2D eigenvalue weighted by Crippen LogP contribution is 2.32. The zero-order chi connectivity index (χ0) is 27.4. The van der Waals surface area contributed by atoms with Gasteiger partial charge in [-0.3, -0.25) is 9.89 Å². The van der Waals surface area contributed by atoms with Crippen molar-refractivity contribution in [1.82, 2.24) is 25.5 Å². The van der Waals surface area contributed by atoms with Crippen LogP contribution in [0.2, 0.25) is 0 Å². The third-order valence-electron chi connectivity index (χ3n) is 5.83. The van der Waals surface area contributed by atoms with Crippen LogP contribution in [0, 0.1) is 5.82 Å². The van der Waals surface area contributed by atoms with Crippen molar-refractivity contribution in [1.29, 1.82) is 0 Å². The number of rotatable bonds is 9. The van der Waals surface area contributed by atoms with E-state index in [2.05, 4.69) is 25.8 Å². The molecule has 0 fully saturated rings. The summed E-state index contributed by atoms with van der Waals surface area (Å²) in [7, 11) is 1.59. The van der Waals surface area contributed by atoms with Crippen LogP contribution in [0.5, 0.6) is 11.5 Å². The minimum Gasteiger partial charge on any atom is -0.497 e. The van der Waals surface area contributed by atoms with Crippen LogP contribution in [0.15, 0.2) is 73.1 Å². The number of methoxy groups -OCH3 is 1. The van der Waals surface area contributed by atoms with Crippen molar-refractivity contribution in [3.63, 3.8) is 0 Å². The SMILES string of the molecule is COc1ccc2nc(-c3cc(F)cc(OCC(=O)NC(C)C)c3)nc(Nc3ccc(-c4cn[nH]c4)cc3)c2c1. The fourth-order valence-electron chi connectivity index (χ4n) is 4.04. The van der Waals surface area contributed by atoms with E-state index in [1.165, 1.54) is 12.1 Å². The molecule has 198 valence electrons. The van der Waals surface area contributed by atoms with Crippen molar-refractivity contribution in [3.8, 4) is 34.0 Å². The summed E-state index contributed by atoms with van der Waals surface area (Å²) in [6, 6.07) is 17.4. The Hall–Kier alpha value is -4.99. The van der Waals surface area contributed by atoms with Gasteiger partial charge >= 0.3 is 0 Å². The minimum absolute atomic E-state index is 0.0263. The summed E-state index contributed by atoms with van der Waals surface area (Å²) in [4.78, 5) is 21.4. The first-order valence-corrected chi connectivity index (χ1v) is 12.3. The van der Waals surface area contributed by atoms with E-state index in [1.54, 1.807) is 25.4 Å². The lowest BCUT2D eigenvalue weighted by atomic mass is 10.1. The quantitative estimate of drug-likeness (QED) is 0.233. The third-order valence-corrected chi connectivity index (χ3v) is 5.83. The van der Waals surface area contributed by atoms with E-state index < -0.39 is 5.82 Å². The second-order valence-corrected chi connectivity index (χ2v) is 9.15. The number of H-pyrrole nitrogens is 1. The number of amides is 1. The number of aromatic amines is 1. The summed E-state index contributed by atoms with van der Waals surface area (Å²) in [5.74, 6) is 0.839. The van der Waals surface area contributed by atoms with E-state index in [9.17, 15) is 9.18 Å². The van der Waals surface area contributed by atoms with Gasteiger partial charge in [-0.1, -0.05) is 12.1 Å². The molecule has 9 nitrogen and oxygen atoms in total. The fraction of sp³-hybridized carbons (Fsp3) is 0.172. The molecule has 39 heavy (non-hydrogen) atoms. The number of benzene rings is 3. The van der Waals surface area contributed by atoms with Gasteiger partial charge in [0.15, 0.2) is 12.4 Å². The number of aromatic nitrogens is 4. The molecular weight excluding hydrogens is 499 g/mol. The van der Waals surface area contributed by atoms with Crippen molar-refractivity contribution in [2.45, 2.75) is 19.9 Å². The monoisotopic (exact) mass is 526 g/mol. The van der Waals surface area contributed by atoms with Gasteiger partial charge < -0.3 is 20.1 Å². The van der Waals surface area contributed by atoms with Gasteiger partial charge in [-0.05, 0) is 61.9 Å². The zero-order valence-electron chi connectivity index (χ0n) is 21.7. The van der Waals surface area contributed by atoms with E-state index in [4.69, 9.17) is 14.5 Å². The number of fused-ring (bicyclic) bond motifs is 1. The van der Waals surface area contributed by atoms with Crippen LogP contribution in [0.4, 0.5) is 15.9 Å². The van der Waals surface area contributed by atoms with Gasteiger partial charge in [0, 0.05) is 40.5 Å². The first kappa shape index (κ1) is 25.7. The molecule has 10 heteroatoms. The maximum absolute atomic E-state index is 14.6. The lowest BCUT2D eigenvalue weighted by molar-refractivity contribution is -0.123. The smallest absolute Gasteiger partial charge is 0.258 e. The molecule has 5 rings (SSSR count). The molecule has 0 aliphatic carbocycles. The highest BCUT2D eigenvalue weighted by Gasteiger charge is 2.14. The van der Waals surface area contributed by atoms with Gasteiger partial charge in [0.05, 0.1) is 18.8 Å². The Morgan fingerprint density at radius 1 is 0.974 bits per heavy atom. The predicted octanol–water partition coefficient (Wildman–Crippen LogP) is 5.48. The molecule has 0 saturated carbocycles. The van der Waals surface area contributed by atoms with Crippen LogP contribution in [0.3, 0.4) is 0 Å². The van der Waals surface area contributed by atoms with Crippen molar-refractivity contribution >= 4 is 28.3 Å². The molecule has 2 aromatic heterocycles. The number of anilines is 2. The highest BCUT2D eigenvalue weighted by molar-refractivity contribution is 5.93. The summed E-state index contributed by atoms with van der Waals surface area (Å²) >= 11 is 0. The van der Waals surface area contributed by atoms with Crippen LogP contribution in [-0.2, 0) is 4.79 Å². The lowest BCUT2D eigenvalue weighted by Crippen LogP contribution is -2.34. The van der Waals surface area contributed by atoms with Crippen molar-refractivity contribution in [3.05, 3.63) is 78.9 Å². The van der Waals surface area contributed by atoms with E-state index in [0.29, 0.717) is 28.5 Å².